The summed E-state index contributed by atoms with van der Waals surface area (Å²) < 4.78 is 0. The smallest absolute Gasteiger partial charge is 0.0715 e. The molecule has 0 saturated carbocycles. The number of allylic oxidation sites excluding steroid dienone is 19. The van der Waals surface area contributed by atoms with Gasteiger partial charge in [-0.1, -0.05) is 117 Å². The van der Waals surface area contributed by atoms with E-state index in [0.29, 0.717) is 5.92 Å². The van der Waals surface area contributed by atoms with Crippen molar-refractivity contribution in [2.75, 3.05) is 4.90 Å². The Morgan fingerprint density at radius 1 is 0.623 bits per heavy atom. The lowest BCUT2D eigenvalue weighted by Gasteiger charge is -2.36. The third kappa shape index (κ3) is 4.37. The van der Waals surface area contributed by atoms with Gasteiger partial charge >= 0.3 is 0 Å². The summed E-state index contributed by atoms with van der Waals surface area (Å²) in [6, 6.07) is 26.1. The number of anilines is 2. The summed E-state index contributed by atoms with van der Waals surface area (Å²) in [4.78, 5) is 2.49. The predicted octanol–water partition coefficient (Wildman–Crippen LogP) is 13.5. The van der Waals surface area contributed by atoms with E-state index in [9.17, 15) is 0 Å². The molecule has 1 nitrogen and oxygen atoms in total. The van der Waals surface area contributed by atoms with Crippen LogP contribution in [0.15, 0.2) is 167 Å². The number of benzene rings is 3. The van der Waals surface area contributed by atoms with E-state index < -0.39 is 0 Å². The minimum atomic E-state index is -0.183. The lowest BCUT2D eigenvalue weighted by Crippen LogP contribution is -2.29. The third-order valence-corrected chi connectivity index (χ3v) is 13.9. The molecule has 3 aromatic rings. The minimum absolute atomic E-state index is 0.138. The number of fused-ring (bicyclic) bond motifs is 10. The highest BCUT2D eigenvalue weighted by Gasteiger charge is 2.54. The normalized spacial score (nSPS) is 25.5. The monoisotopic (exact) mass is 685 g/mol. The number of nitrogens with zero attached hydrogens (tertiary/aromatic N) is 1. The van der Waals surface area contributed by atoms with Gasteiger partial charge in [-0.05, 0) is 172 Å². The quantitative estimate of drug-likeness (QED) is 0.264. The molecule has 0 radical (unpaired) electrons. The van der Waals surface area contributed by atoms with E-state index in [2.05, 4.69) is 152 Å². The van der Waals surface area contributed by atoms with Gasteiger partial charge < -0.3 is 4.90 Å². The number of hydrogen-bond donors (Lipinski definition) is 0. The van der Waals surface area contributed by atoms with E-state index in [0.717, 1.165) is 57.8 Å². The highest BCUT2D eigenvalue weighted by Crippen LogP contribution is 2.65. The summed E-state index contributed by atoms with van der Waals surface area (Å²) in [5.74, 6) is 0.546. The molecule has 1 spiro atoms. The van der Waals surface area contributed by atoms with E-state index >= 15 is 0 Å². The standard InChI is InChI=1S/C52H47N/c1-51(2)45-20-10-6-19-42(45)44-33-38(29-31-46(44)51)53(36-14-4-3-5-15-36)37-27-24-34(25-28-37)35-26-30-43-41-18-9-13-23-49(41)52(50(43)32-35)47-21-11-7-16-39(47)40-17-8-12-22-48(40)52/h4,6-7,10-16,19,21-25,27-29,31-33,45H,3,5,8-9,17-18,20,26,30H2,1-2H3. The van der Waals surface area contributed by atoms with Crippen molar-refractivity contribution in [3.05, 3.63) is 195 Å². The topological polar surface area (TPSA) is 3.24 Å². The Labute approximate surface area is 315 Å². The lowest BCUT2D eigenvalue weighted by molar-refractivity contribution is 0.414. The van der Waals surface area contributed by atoms with Crippen LogP contribution in [0.25, 0.3) is 16.7 Å². The molecule has 0 aromatic heterocycles. The van der Waals surface area contributed by atoms with Crippen molar-refractivity contribution in [3.63, 3.8) is 0 Å². The highest BCUT2D eigenvalue weighted by molar-refractivity contribution is 5.93. The van der Waals surface area contributed by atoms with E-state index in [1.54, 1.807) is 27.9 Å². The van der Waals surface area contributed by atoms with Crippen molar-refractivity contribution in [2.24, 2.45) is 5.92 Å². The fourth-order valence-electron chi connectivity index (χ4n) is 11.5. The highest BCUT2D eigenvalue weighted by atomic mass is 15.1. The molecular formula is C52H47N. The first-order valence-corrected chi connectivity index (χ1v) is 20.2. The van der Waals surface area contributed by atoms with Crippen LogP contribution in [0.1, 0.15) is 99.5 Å². The summed E-state index contributed by atoms with van der Waals surface area (Å²) in [6.45, 7) is 4.86. The Bertz CT molecular complexity index is 2440. The summed E-state index contributed by atoms with van der Waals surface area (Å²) in [7, 11) is 0. The van der Waals surface area contributed by atoms with Crippen molar-refractivity contribution in [3.8, 4) is 0 Å². The third-order valence-electron chi connectivity index (χ3n) is 13.9. The maximum absolute atomic E-state index is 2.63. The molecule has 0 aliphatic heterocycles. The minimum Gasteiger partial charge on any atom is -0.311 e. The van der Waals surface area contributed by atoms with Crippen LogP contribution in [-0.4, -0.2) is 0 Å². The summed E-state index contributed by atoms with van der Waals surface area (Å²) in [6.07, 6.45) is 36.6. The van der Waals surface area contributed by atoms with Gasteiger partial charge in [0.1, 0.15) is 0 Å². The van der Waals surface area contributed by atoms with Gasteiger partial charge in [-0.25, -0.2) is 0 Å². The molecule has 2 atom stereocenters. The van der Waals surface area contributed by atoms with Gasteiger partial charge in [-0.2, -0.15) is 0 Å². The van der Waals surface area contributed by atoms with E-state index in [1.807, 2.05) is 0 Å². The molecule has 260 valence electrons. The molecule has 53 heavy (non-hydrogen) atoms. The van der Waals surface area contributed by atoms with E-state index in [4.69, 9.17) is 0 Å². The zero-order chi connectivity index (χ0) is 35.3. The molecule has 3 aromatic carbocycles. The Hall–Kier alpha value is -5.14. The van der Waals surface area contributed by atoms with Crippen molar-refractivity contribution in [1.29, 1.82) is 0 Å². The molecule has 0 heterocycles. The maximum Gasteiger partial charge on any atom is 0.0715 e. The SMILES string of the molecule is CC1(C)c2ccc(N(C3=CCCC=C3)c3ccc(C4=CC5=C(CC4)C4=C(C=CCC4)C54C5=C(CCC=C5)c5ccccc54)cc3)cc2C2=CC=CCC21. The van der Waals surface area contributed by atoms with Crippen LogP contribution in [0.3, 0.4) is 0 Å². The van der Waals surface area contributed by atoms with Crippen molar-refractivity contribution in [1.82, 2.24) is 0 Å². The number of rotatable bonds is 4. The fraction of sp³-hybridized carbons (Fsp3) is 0.269. The molecule has 0 saturated heterocycles. The second-order valence-corrected chi connectivity index (χ2v) is 16.8. The first kappa shape index (κ1) is 31.4. The molecular weight excluding hydrogens is 639 g/mol. The fourth-order valence-corrected chi connectivity index (χ4v) is 11.5. The summed E-state index contributed by atoms with van der Waals surface area (Å²) in [5, 5.41) is 0. The second kappa shape index (κ2) is 11.7. The van der Waals surface area contributed by atoms with Gasteiger partial charge in [0.2, 0.25) is 0 Å². The largest absolute Gasteiger partial charge is 0.311 e. The average Bonchev–Trinajstić information content (AvgIpc) is 3.77. The Morgan fingerprint density at radius 2 is 1.38 bits per heavy atom. The van der Waals surface area contributed by atoms with Crippen LogP contribution in [0.2, 0.25) is 0 Å². The summed E-state index contributed by atoms with van der Waals surface area (Å²) in [5.41, 5.74) is 23.4. The van der Waals surface area contributed by atoms with Crippen LogP contribution in [0, 0.1) is 5.92 Å². The zero-order valence-corrected chi connectivity index (χ0v) is 31.1. The van der Waals surface area contributed by atoms with Crippen LogP contribution < -0.4 is 4.90 Å². The van der Waals surface area contributed by atoms with Gasteiger partial charge in [0.15, 0.2) is 0 Å². The van der Waals surface area contributed by atoms with Crippen molar-refractivity contribution in [2.45, 2.75) is 82.5 Å². The molecule has 0 N–H and O–H groups in total. The Balaban J connectivity index is 1.00. The molecule has 1 heteroatoms. The van der Waals surface area contributed by atoms with Gasteiger partial charge in [0, 0.05) is 17.1 Å². The molecule has 8 aliphatic carbocycles. The summed E-state index contributed by atoms with van der Waals surface area (Å²) >= 11 is 0. The Morgan fingerprint density at radius 3 is 2.21 bits per heavy atom. The number of hydrogen-bond acceptors (Lipinski definition) is 1. The Kier molecular flexibility index (Phi) is 6.92. The van der Waals surface area contributed by atoms with Gasteiger partial charge in [-0.3, -0.25) is 0 Å². The van der Waals surface area contributed by atoms with Crippen molar-refractivity contribution >= 4 is 28.1 Å². The average molecular weight is 686 g/mol. The van der Waals surface area contributed by atoms with Crippen LogP contribution >= 0.6 is 0 Å². The van der Waals surface area contributed by atoms with Gasteiger partial charge in [-0.15, -0.1) is 0 Å². The first-order valence-electron chi connectivity index (χ1n) is 20.2. The van der Waals surface area contributed by atoms with E-state index in [1.165, 1.54) is 61.6 Å². The van der Waals surface area contributed by atoms with Gasteiger partial charge in [0.05, 0.1) is 5.41 Å². The maximum atomic E-state index is 2.63. The van der Waals surface area contributed by atoms with E-state index in [-0.39, 0.29) is 10.8 Å². The molecule has 0 amide bonds. The second-order valence-electron chi connectivity index (χ2n) is 16.8. The molecule has 11 rings (SSSR count). The lowest BCUT2D eigenvalue weighted by atomic mass is 9.65. The molecule has 0 fully saturated rings. The predicted molar refractivity (Wildman–Crippen MR) is 223 cm³/mol. The zero-order valence-electron chi connectivity index (χ0n) is 31.1. The molecule has 0 bridgehead atoms. The van der Waals surface area contributed by atoms with Crippen LogP contribution in [0.5, 0.6) is 0 Å². The van der Waals surface area contributed by atoms with Gasteiger partial charge in [0.25, 0.3) is 0 Å². The van der Waals surface area contributed by atoms with Crippen LogP contribution in [0.4, 0.5) is 11.4 Å². The van der Waals surface area contributed by atoms with Crippen LogP contribution in [-0.2, 0) is 10.8 Å². The molecule has 2 unspecified atom stereocenters. The first-order chi connectivity index (χ1) is 26.0. The molecule has 8 aliphatic rings. The van der Waals surface area contributed by atoms with Crippen molar-refractivity contribution < 1.29 is 0 Å².